The first kappa shape index (κ1) is 24.1. The van der Waals surface area contributed by atoms with Gasteiger partial charge in [0.1, 0.15) is 18.2 Å². The maximum absolute atomic E-state index is 13.4. The van der Waals surface area contributed by atoms with Crippen molar-refractivity contribution in [2.75, 3.05) is 13.2 Å². The fourth-order valence-electron chi connectivity index (χ4n) is 4.35. The van der Waals surface area contributed by atoms with Crippen LogP contribution in [0.4, 0.5) is 13.2 Å². The lowest BCUT2D eigenvalue weighted by Gasteiger charge is -2.70. The lowest BCUT2D eigenvalue weighted by molar-refractivity contribution is -0.152. The number of carbonyl (C=O) groups is 2. The fourth-order valence-corrected chi connectivity index (χ4v) is 4.47. The molecule has 3 fully saturated rings. The van der Waals surface area contributed by atoms with Gasteiger partial charge in [0.15, 0.2) is 6.61 Å². The van der Waals surface area contributed by atoms with E-state index in [-0.39, 0.29) is 59.4 Å². The SMILES string of the molecule is O=C(COCc1ccc(OC(F)F)nc1)NC12CC(NC(=O)COc3ccc(Cl)c(F)c3)(C1)C2. The molecular weight excluding hydrogens is 479 g/mol. The van der Waals surface area contributed by atoms with E-state index in [0.717, 1.165) is 6.07 Å². The Labute approximate surface area is 197 Å². The molecule has 12 heteroatoms. The Morgan fingerprint density at radius 2 is 1.74 bits per heavy atom. The molecule has 8 nitrogen and oxygen atoms in total. The van der Waals surface area contributed by atoms with Gasteiger partial charge >= 0.3 is 6.61 Å². The zero-order valence-electron chi connectivity index (χ0n) is 17.8. The molecule has 1 aromatic heterocycles. The van der Waals surface area contributed by atoms with Gasteiger partial charge < -0.3 is 24.8 Å². The first-order valence-corrected chi connectivity index (χ1v) is 10.7. The molecule has 0 saturated heterocycles. The highest BCUT2D eigenvalue weighted by molar-refractivity contribution is 6.30. The van der Waals surface area contributed by atoms with Crippen LogP contribution in [0.3, 0.4) is 0 Å². The Kier molecular flexibility index (Phi) is 6.85. The zero-order chi connectivity index (χ0) is 24.3. The highest BCUT2D eigenvalue weighted by atomic mass is 35.5. The maximum atomic E-state index is 13.4. The van der Waals surface area contributed by atoms with E-state index in [2.05, 4.69) is 20.4 Å². The molecule has 3 aliphatic rings. The quantitative estimate of drug-likeness (QED) is 0.493. The van der Waals surface area contributed by atoms with E-state index in [1.54, 1.807) is 0 Å². The highest BCUT2D eigenvalue weighted by Gasteiger charge is 2.69. The van der Waals surface area contributed by atoms with Crippen LogP contribution in [0.15, 0.2) is 36.5 Å². The van der Waals surface area contributed by atoms with E-state index in [1.165, 1.54) is 30.5 Å². The molecule has 3 saturated carbocycles. The highest BCUT2D eigenvalue weighted by Crippen LogP contribution is 2.60. The third kappa shape index (κ3) is 5.71. The van der Waals surface area contributed by atoms with Gasteiger partial charge in [-0.25, -0.2) is 9.37 Å². The number of rotatable bonds is 11. The van der Waals surface area contributed by atoms with E-state index >= 15 is 0 Å². The van der Waals surface area contributed by atoms with Gasteiger partial charge in [-0.3, -0.25) is 9.59 Å². The first-order valence-electron chi connectivity index (χ1n) is 10.3. The topological polar surface area (TPSA) is 98.8 Å². The summed E-state index contributed by atoms with van der Waals surface area (Å²) in [6, 6.07) is 6.73. The summed E-state index contributed by atoms with van der Waals surface area (Å²) in [6.45, 7) is -3.31. The van der Waals surface area contributed by atoms with E-state index in [9.17, 15) is 22.8 Å². The van der Waals surface area contributed by atoms with E-state index in [4.69, 9.17) is 21.1 Å². The molecule has 2 amide bonds. The van der Waals surface area contributed by atoms with Crippen molar-refractivity contribution in [3.8, 4) is 11.6 Å². The molecular formula is C22H21ClF3N3O5. The Morgan fingerprint density at radius 1 is 1.06 bits per heavy atom. The summed E-state index contributed by atoms with van der Waals surface area (Å²) in [6.07, 6.45) is 3.13. The van der Waals surface area contributed by atoms with Gasteiger partial charge in [0.05, 0.1) is 11.6 Å². The largest absolute Gasteiger partial charge is 0.484 e. The van der Waals surface area contributed by atoms with Crippen LogP contribution >= 0.6 is 11.6 Å². The third-order valence-electron chi connectivity index (χ3n) is 5.61. The van der Waals surface area contributed by atoms with Crippen LogP contribution < -0.4 is 20.1 Å². The summed E-state index contributed by atoms with van der Waals surface area (Å²) < 4.78 is 52.5. The minimum atomic E-state index is -2.95. The molecule has 2 aromatic rings. The molecule has 0 aliphatic heterocycles. The number of halogens is 4. The average molecular weight is 500 g/mol. The maximum Gasteiger partial charge on any atom is 0.388 e. The number of nitrogens with one attached hydrogen (secondary N) is 2. The number of hydrogen-bond donors (Lipinski definition) is 2. The lowest BCUT2D eigenvalue weighted by Crippen LogP contribution is -2.84. The predicted octanol–water partition coefficient (Wildman–Crippen LogP) is 2.98. The number of ether oxygens (including phenoxy) is 3. The van der Waals surface area contributed by atoms with E-state index in [1.807, 2.05) is 0 Å². The number of nitrogens with zero attached hydrogens (tertiary/aromatic N) is 1. The van der Waals surface area contributed by atoms with Gasteiger partial charge in [-0.1, -0.05) is 11.6 Å². The summed E-state index contributed by atoms with van der Waals surface area (Å²) in [4.78, 5) is 28.1. The van der Waals surface area contributed by atoms with Crippen molar-refractivity contribution in [3.05, 3.63) is 52.9 Å². The molecule has 3 aliphatic carbocycles. The summed E-state index contributed by atoms with van der Waals surface area (Å²) in [5.74, 6) is -1.26. The minimum Gasteiger partial charge on any atom is -0.484 e. The van der Waals surface area contributed by atoms with Gasteiger partial charge in [0.25, 0.3) is 5.91 Å². The standard InChI is InChI=1S/C22H21ClF3N3O5/c23-15-3-2-14(5-16(15)24)33-9-18(31)29-22-10-21(11-22,12-22)28-17(30)8-32-7-13-1-4-19(27-6-13)34-20(25)26/h1-6,20H,7-12H2,(H,28,30)(H,29,31). The van der Waals surface area contributed by atoms with E-state index in [0.29, 0.717) is 24.8 Å². The summed E-state index contributed by atoms with van der Waals surface area (Å²) >= 11 is 5.61. The number of aromatic nitrogens is 1. The van der Waals surface area contributed by atoms with Gasteiger partial charge in [-0.05, 0) is 43.0 Å². The monoisotopic (exact) mass is 499 g/mol. The van der Waals surface area contributed by atoms with Gasteiger partial charge in [-0.2, -0.15) is 8.78 Å². The van der Waals surface area contributed by atoms with Crippen LogP contribution in [0.2, 0.25) is 5.02 Å². The normalized spacial score (nSPS) is 22.4. The third-order valence-corrected chi connectivity index (χ3v) is 5.92. The molecule has 0 unspecified atom stereocenters. The average Bonchev–Trinajstić information content (AvgIpc) is 2.73. The second-order valence-corrected chi connectivity index (χ2v) is 8.84. The molecule has 2 N–H and O–H groups in total. The summed E-state index contributed by atoms with van der Waals surface area (Å²) in [5.41, 5.74) is -0.123. The molecule has 0 atom stereocenters. The molecule has 5 rings (SSSR count). The van der Waals surface area contributed by atoms with Crippen molar-refractivity contribution in [1.82, 2.24) is 15.6 Å². The molecule has 2 bridgehead atoms. The van der Waals surface area contributed by atoms with Crippen LogP contribution in [0.1, 0.15) is 24.8 Å². The summed E-state index contributed by atoms with van der Waals surface area (Å²) in [5, 5.41) is 5.80. The number of benzene rings is 1. The number of pyridine rings is 1. The van der Waals surface area contributed by atoms with Crippen LogP contribution in [0, 0.1) is 5.82 Å². The Balaban J connectivity index is 1.12. The zero-order valence-corrected chi connectivity index (χ0v) is 18.5. The molecule has 1 aromatic carbocycles. The van der Waals surface area contributed by atoms with Crippen LogP contribution in [0.25, 0.3) is 0 Å². The van der Waals surface area contributed by atoms with Crippen LogP contribution in [0.5, 0.6) is 11.6 Å². The Hall–Kier alpha value is -3.05. The Morgan fingerprint density at radius 3 is 2.32 bits per heavy atom. The van der Waals surface area contributed by atoms with Crippen molar-refractivity contribution in [2.45, 2.75) is 43.6 Å². The van der Waals surface area contributed by atoms with Gasteiger partial charge in [-0.15, -0.1) is 0 Å². The van der Waals surface area contributed by atoms with Crippen molar-refractivity contribution < 1.29 is 37.0 Å². The number of carbonyl (C=O) groups excluding carboxylic acids is 2. The molecule has 1 heterocycles. The van der Waals surface area contributed by atoms with Crippen LogP contribution in [-0.2, 0) is 20.9 Å². The van der Waals surface area contributed by atoms with E-state index < -0.39 is 12.4 Å². The fraction of sp³-hybridized carbons (Fsp3) is 0.409. The van der Waals surface area contributed by atoms with Crippen molar-refractivity contribution in [3.63, 3.8) is 0 Å². The van der Waals surface area contributed by atoms with Crippen molar-refractivity contribution in [2.24, 2.45) is 0 Å². The summed E-state index contributed by atoms with van der Waals surface area (Å²) in [7, 11) is 0. The lowest BCUT2D eigenvalue weighted by atomic mass is 9.44. The number of amides is 2. The number of alkyl halides is 2. The van der Waals surface area contributed by atoms with Gasteiger partial charge in [0.2, 0.25) is 11.8 Å². The van der Waals surface area contributed by atoms with Crippen molar-refractivity contribution >= 4 is 23.4 Å². The van der Waals surface area contributed by atoms with Crippen LogP contribution in [-0.4, -0.2) is 47.7 Å². The molecule has 0 radical (unpaired) electrons. The minimum absolute atomic E-state index is 0.0308. The number of hydrogen-bond acceptors (Lipinski definition) is 6. The second kappa shape index (κ2) is 9.67. The Bertz CT molecular complexity index is 1050. The molecule has 0 spiro atoms. The second-order valence-electron chi connectivity index (χ2n) is 8.43. The van der Waals surface area contributed by atoms with Gasteiger partial charge in [0, 0.05) is 29.4 Å². The first-order chi connectivity index (χ1) is 16.2. The molecule has 34 heavy (non-hydrogen) atoms. The predicted molar refractivity (Wildman–Crippen MR) is 113 cm³/mol. The smallest absolute Gasteiger partial charge is 0.388 e. The van der Waals surface area contributed by atoms with Crippen molar-refractivity contribution in [1.29, 1.82) is 0 Å². The molecule has 182 valence electrons.